The SMILES string of the molecule is O=C(O)[C@@H]1CN(C(=O)/C=C\c2cccnc2)CCO1. The van der Waals surface area contributed by atoms with Gasteiger partial charge in [0.15, 0.2) is 6.10 Å². The molecule has 1 aliphatic heterocycles. The molecule has 1 atom stereocenters. The highest BCUT2D eigenvalue weighted by Crippen LogP contribution is 2.07. The van der Waals surface area contributed by atoms with Gasteiger partial charge < -0.3 is 14.7 Å². The predicted molar refractivity (Wildman–Crippen MR) is 67.2 cm³/mol. The lowest BCUT2D eigenvalue weighted by molar-refractivity contribution is -0.158. The van der Waals surface area contributed by atoms with Gasteiger partial charge in [0.05, 0.1) is 13.2 Å². The molecule has 1 aromatic heterocycles. The van der Waals surface area contributed by atoms with E-state index in [4.69, 9.17) is 9.84 Å². The zero-order valence-corrected chi connectivity index (χ0v) is 10.2. The van der Waals surface area contributed by atoms with Crippen molar-refractivity contribution < 1.29 is 19.4 Å². The van der Waals surface area contributed by atoms with Crippen LogP contribution in [0.1, 0.15) is 5.56 Å². The number of carboxylic acids is 1. The smallest absolute Gasteiger partial charge is 0.334 e. The number of ether oxygens (including phenoxy) is 1. The number of carboxylic acid groups (broad SMARTS) is 1. The van der Waals surface area contributed by atoms with Gasteiger partial charge in [0, 0.05) is 25.0 Å². The second kappa shape index (κ2) is 6.10. The number of hydrogen-bond acceptors (Lipinski definition) is 4. The van der Waals surface area contributed by atoms with E-state index in [0.29, 0.717) is 6.54 Å². The Morgan fingerprint density at radius 1 is 1.53 bits per heavy atom. The quantitative estimate of drug-likeness (QED) is 0.798. The van der Waals surface area contributed by atoms with Crippen LogP contribution < -0.4 is 0 Å². The normalized spacial score (nSPS) is 19.6. The third kappa shape index (κ3) is 3.62. The molecular weight excluding hydrogens is 248 g/mol. The van der Waals surface area contributed by atoms with E-state index in [2.05, 4.69) is 4.98 Å². The molecular formula is C13H14N2O4. The first-order valence-electron chi connectivity index (χ1n) is 5.88. The fraction of sp³-hybridized carbons (Fsp3) is 0.308. The van der Waals surface area contributed by atoms with E-state index in [1.165, 1.54) is 11.0 Å². The van der Waals surface area contributed by atoms with Crippen LogP contribution in [0.2, 0.25) is 0 Å². The fourth-order valence-corrected chi connectivity index (χ4v) is 1.75. The standard InChI is InChI=1S/C13H14N2O4/c16-12(4-3-10-2-1-5-14-8-10)15-6-7-19-11(9-15)13(17)18/h1-5,8,11H,6-7,9H2,(H,17,18)/b4-3-/t11-/m0/s1. The maximum atomic E-state index is 11.9. The lowest BCUT2D eigenvalue weighted by Gasteiger charge is -2.30. The maximum absolute atomic E-state index is 11.9. The number of hydrogen-bond donors (Lipinski definition) is 1. The Kier molecular flexibility index (Phi) is 4.25. The number of rotatable bonds is 3. The summed E-state index contributed by atoms with van der Waals surface area (Å²) >= 11 is 0. The summed E-state index contributed by atoms with van der Waals surface area (Å²) in [6.07, 6.45) is 5.42. The molecule has 1 amide bonds. The molecule has 19 heavy (non-hydrogen) atoms. The Hall–Kier alpha value is -2.21. The van der Waals surface area contributed by atoms with Crippen molar-refractivity contribution in [3.05, 3.63) is 36.2 Å². The Morgan fingerprint density at radius 3 is 3.05 bits per heavy atom. The molecule has 0 aromatic carbocycles. The van der Waals surface area contributed by atoms with Crippen LogP contribution >= 0.6 is 0 Å². The van der Waals surface area contributed by atoms with Gasteiger partial charge in [0.2, 0.25) is 5.91 Å². The van der Waals surface area contributed by atoms with E-state index in [1.54, 1.807) is 24.5 Å². The molecule has 2 heterocycles. The van der Waals surface area contributed by atoms with Crippen molar-refractivity contribution in [3.63, 3.8) is 0 Å². The van der Waals surface area contributed by atoms with Gasteiger partial charge >= 0.3 is 5.97 Å². The van der Waals surface area contributed by atoms with Crippen molar-refractivity contribution in [2.24, 2.45) is 0 Å². The summed E-state index contributed by atoms with van der Waals surface area (Å²) in [5, 5.41) is 8.86. The van der Waals surface area contributed by atoms with Crippen LogP contribution in [0.5, 0.6) is 0 Å². The Balaban J connectivity index is 1.96. The molecule has 0 unspecified atom stereocenters. The molecule has 0 saturated carbocycles. The van der Waals surface area contributed by atoms with Crippen molar-refractivity contribution in [1.29, 1.82) is 0 Å². The molecule has 0 spiro atoms. The van der Waals surface area contributed by atoms with E-state index >= 15 is 0 Å². The van der Waals surface area contributed by atoms with Gasteiger partial charge in [-0.2, -0.15) is 0 Å². The fourth-order valence-electron chi connectivity index (χ4n) is 1.75. The first-order chi connectivity index (χ1) is 9.16. The Morgan fingerprint density at radius 2 is 2.37 bits per heavy atom. The van der Waals surface area contributed by atoms with Crippen LogP contribution in [0, 0.1) is 0 Å². The first kappa shape index (κ1) is 13.2. The number of carbonyl (C=O) groups is 2. The van der Waals surface area contributed by atoms with E-state index in [9.17, 15) is 9.59 Å². The number of aliphatic carboxylic acids is 1. The van der Waals surface area contributed by atoms with Gasteiger partial charge in [-0.1, -0.05) is 6.07 Å². The van der Waals surface area contributed by atoms with Crippen LogP contribution in [0.3, 0.4) is 0 Å². The summed E-state index contributed by atoms with van der Waals surface area (Å²) in [6.45, 7) is 0.717. The van der Waals surface area contributed by atoms with Crippen LogP contribution in [0.25, 0.3) is 6.08 Å². The zero-order valence-electron chi connectivity index (χ0n) is 10.2. The van der Waals surface area contributed by atoms with Crippen LogP contribution in [-0.4, -0.2) is 52.7 Å². The summed E-state index contributed by atoms with van der Waals surface area (Å²) < 4.78 is 5.06. The molecule has 6 heteroatoms. The number of amides is 1. The van der Waals surface area contributed by atoms with Crippen LogP contribution in [0.4, 0.5) is 0 Å². The minimum Gasteiger partial charge on any atom is -0.479 e. The minimum absolute atomic E-state index is 0.0749. The van der Waals surface area contributed by atoms with E-state index < -0.39 is 12.1 Å². The summed E-state index contributed by atoms with van der Waals surface area (Å²) in [4.78, 5) is 28.1. The largest absolute Gasteiger partial charge is 0.479 e. The van der Waals surface area contributed by atoms with Gasteiger partial charge in [-0.3, -0.25) is 9.78 Å². The Bertz CT molecular complexity index is 487. The highest BCUT2D eigenvalue weighted by molar-refractivity contribution is 5.92. The molecule has 6 nitrogen and oxygen atoms in total. The lowest BCUT2D eigenvalue weighted by atomic mass is 10.2. The van der Waals surface area contributed by atoms with Gasteiger partial charge in [0.25, 0.3) is 0 Å². The highest BCUT2D eigenvalue weighted by Gasteiger charge is 2.27. The topological polar surface area (TPSA) is 79.7 Å². The lowest BCUT2D eigenvalue weighted by Crippen LogP contribution is -2.48. The van der Waals surface area contributed by atoms with Crippen molar-refractivity contribution in [2.45, 2.75) is 6.10 Å². The second-order valence-electron chi connectivity index (χ2n) is 4.10. The Labute approximate surface area is 110 Å². The number of nitrogens with zero attached hydrogens (tertiary/aromatic N) is 2. The van der Waals surface area contributed by atoms with Crippen molar-refractivity contribution in [3.8, 4) is 0 Å². The summed E-state index contributed by atoms with van der Waals surface area (Å²) in [5.74, 6) is -1.27. The van der Waals surface area contributed by atoms with Gasteiger partial charge in [0.1, 0.15) is 0 Å². The first-order valence-corrected chi connectivity index (χ1v) is 5.88. The molecule has 1 aliphatic rings. The molecule has 0 aliphatic carbocycles. The average molecular weight is 262 g/mol. The molecule has 0 bridgehead atoms. The van der Waals surface area contributed by atoms with Gasteiger partial charge in [-0.15, -0.1) is 0 Å². The summed E-state index contributed by atoms with van der Waals surface area (Å²) in [5.41, 5.74) is 0.818. The van der Waals surface area contributed by atoms with Gasteiger partial charge in [-0.05, 0) is 17.7 Å². The number of carbonyl (C=O) groups excluding carboxylic acids is 1. The summed E-state index contributed by atoms with van der Waals surface area (Å²) in [6, 6.07) is 3.61. The van der Waals surface area contributed by atoms with Crippen LogP contribution in [-0.2, 0) is 14.3 Å². The molecule has 1 fully saturated rings. The molecule has 1 N–H and O–H groups in total. The third-order valence-corrected chi connectivity index (χ3v) is 2.76. The van der Waals surface area contributed by atoms with Crippen LogP contribution in [0.15, 0.2) is 30.6 Å². The molecule has 1 saturated heterocycles. The number of pyridine rings is 1. The van der Waals surface area contributed by atoms with E-state index in [-0.39, 0.29) is 19.1 Å². The zero-order chi connectivity index (χ0) is 13.7. The average Bonchev–Trinajstić information content (AvgIpc) is 2.46. The van der Waals surface area contributed by atoms with E-state index in [1.807, 2.05) is 6.07 Å². The predicted octanol–water partition coefficient (Wildman–Crippen LogP) is 0.407. The monoisotopic (exact) mass is 262 g/mol. The van der Waals surface area contributed by atoms with Crippen molar-refractivity contribution >= 4 is 18.0 Å². The number of aromatic nitrogens is 1. The molecule has 0 radical (unpaired) electrons. The second-order valence-corrected chi connectivity index (χ2v) is 4.10. The molecule has 100 valence electrons. The summed E-state index contributed by atoms with van der Waals surface area (Å²) in [7, 11) is 0. The third-order valence-electron chi connectivity index (χ3n) is 2.76. The van der Waals surface area contributed by atoms with Gasteiger partial charge in [-0.25, -0.2) is 4.79 Å². The molecule has 2 rings (SSSR count). The van der Waals surface area contributed by atoms with Crippen molar-refractivity contribution in [2.75, 3.05) is 19.7 Å². The van der Waals surface area contributed by atoms with E-state index in [0.717, 1.165) is 5.56 Å². The number of morpholine rings is 1. The van der Waals surface area contributed by atoms with Crippen molar-refractivity contribution in [1.82, 2.24) is 9.88 Å². The minimum atomic E-state index is -1.05. The molecule has 1 aromatic rings. The highest BCUT2D eigenvalue weighted by atomic mass is 16.5. The maximum Gasteiger partial charge on any atom is 0.334 e.